The summed E-state index contributed by atoms with van der Waals surface area (Å²) in [6.45, 7) is 2.07. The third-order valence-corrected chi connectivity index (χ3v) is 3.82. The summed E-state index contributed by atoms with van der Waals surface area (Å²) in [5.74, 6) is 1.92. The predicted octanol–water partition coefficient (Wildman–Crippen LogP) is 2.32. The highest BCUT2D eigenvalue weighted by Crippen LogP contribution is 2.37. The molecule has 1 aliphatic heterocycles. The Kier molecular flexibility index (Phi) is 2.35. The summed E-state index contributed by atoms with van der Waals surface area (Å²) in [6.07, 6.45) is 0.891. The zero-order chi connectivity index (χ0) is 9.31. The van der Waals surface area contributed by atoms with Crippen molar-refractivity contribution in [3.8, 4) is 0 Å². The van der Waals surface area contributed by atoms with Crippen LogP contribution in [0.3, 0.4) is 0 Å². The second-order valence-electron chi connectivity index (χ2n) is 3.65. The van der Waals surface area contributed by atoms with E-state index in [0.29, 0.717) is 0 Å². The van der Waals surface area contributed by atoms with Gasteiger partial charge >= 0.3 is 0 Å². The number of benzene rings is 1. The molecule has 0 amide bonds. The van der Waals surface area contributed by atoms with Crippen LogP contribution in [0.1, 0.15) is 17.5 Å². The maximum atomic E-state index is 10.3. The van der Waals surface area contributed by atoms with Gasteiger partial charge in [0.1, 0.15) is 0 Å². The lowest BCUT2D eigenvalue weighted by Crippen LogP contribution is -2.25. The quantitative estimate of drug-likeness (QED) is 0.740. The average Bonchev–Trinajstić information content (AvgIpc) is 2.54. The van der Waals surface area contributed by atoms with Crippen molar-refractivity contribution in [1.29, 1.82) is 0 Å². The SMILES string of the molecule is Cc1ccccc1C1(O)CCSC1. The zero-order valence-corrected chi connectivity index (χ0v) is 8.60. The van der Waals surface area contributed by atoms with E-state index < -0.39 is 5.60 Å². The largest absolute Gasteiger partial charge is 0.384 e. The summed E-state index contributed by atoms with van der Waals surface area (Å²) < 4.78 is 0. The first-order chi connectivity index (χ1) is 6.22. The molecule has 1 nitrogen and oxygen atoms in total. The number of thioether (sulfide) groups is 1. The molecule has 1 unspecified atom stereocenters. The van der Waals surface area contributed by atoms with E-state index in [2.05, 4.69) is 13.0 Å². The van der Waals surface area contributed by atoms with Crippen LogP contribution in [0.25, 0.3) is 0 Å². The summed E-state index contributed by atoms with van der Waals surface area (Å²) in [5.41, 5.74) is 1.75. The van der Waals surface area contributed by atoms with Gasteiger partial charge in [-0.05, 0) is 30.2 Å². The summed E-state index contributed by atoms with van der Waals surface area (Å²) >= 11 is 1.83. The van der Waals surface area contributed by atoms with Gasteiger partial charge in [-0.3, -0.25) is 0 Å². The molecule has 0 radical (unpaired) electrons. The molecule has 2 heteroatoms. The molecule has 1 fully saturated rings. The fraction of sp³-hybridized carbons (Fsp3) is 0.455. The van der Waals surface area contributed by atoms with E-state index >= 15 is 0 Å². The van der Waals surface area contributed by atoms with E-state index in [4.69, 9.17) is 0 Å². The molecule has 1 heterocycles. The van der Waals surface area contributed by atoms with Gasteiger partial charge in [0, 0.05) is 5.75 Å². The highest BCUT2D eigenvalue weighted by molar-refractivity contribution is 7.99. The molecular weight excluding hydrogens is 180 g/mol. The first kappa shape index (κ1) is 9.10. The van der Waals surface area contributed by atoms with Gasteiger partial charge in [0.25, 0.3) is 0 Å². The lowest BCUT2D eigenvalue weighted by atomic mass is 9.90. The Bertz CT molecular complexity index is 303. The third-order valence-electron chi connectivity index (χ3n) is 2.65. The molecule has 1 N–H and O–H groups in total. The minimum atomic E-state index is -0.560. The number of aliphatic hydroxyl groups is 1. The molecule has 0 aliphatic carbocycles. The van der Waals surface area contributed by atoms with Crippen LogP contribution in [0.5, 0.6) is 0 Å². The van der Waals surface area contributed by atoms with Gasteiger partial charge in [-0.15, -0.1) is 0 Å². The summed E-state index contributed by atoms with van der Waals surface area (Å²) in [4.78, 5) is 0. The monoisotopic (exact) mass is 194 g/mol. The van der Waals surface area contributed by atoms with Crippen molar-refractivity contribution < 1.29 is 5.11 Å². The van der Waals surface area contributed by atoms with Crippen molar-refractivity contribution in [1.82, 2.24) is 0 Å². The molecule has 0 bridgehead atoms. The Hall–Kier alpha value is -0.470. The molecule has 1 atom stereocenters. The third kappa shape index (κ3) is 1.61. The van der Waals surface area contributed by atoms with Crippen LogP contribution in [-0.4, -0.2) is 16.6 Å². The molecule has 1 saturated heterocycles. The zero-order valence-electron chi connectivity index (χ0n) is 7.79. The number of aryl methyl sites for hydroxylation is 1. The van der Waals surface area contributed by atoms with E-state index in [1.807, 2.05) is 30.0 Å². The fourth-order valence-corrected chi connectivity index (χ4v) is 3.13. The second-order valence-corrected chi connectivity index (χ2v) is 4.75. The first-order valence-corrected chi connectivity index (χ1v) is 5.74. The number of hydrogen-bond acceptors (Lipinski definition) is 2. The van der Waals surface area contributed by atoms with Crippen LogP contribution in [0.15, 0.2) is 24.3 Å². The molecule has 2 rings (SSSR count). The van der Waals surface area contributed by atoms with Crippen LogP contribution >= 0.6 is 11.8 Å². The normalized spacial score (nSPS) is 27.8. The second kappa shape index (κ2) is 3.35. The lowest BCUT2D eigenvalue weighted by Gasteiger charge is -2.23. The highest BCUT2D eigenvalue weighted by atomic mass is 32.2. The molecule has 0 spiro atoms. The van der Waals surface area contributed by atoms with Gasteiger partial charge in [0.05, 0.1) is 5.60 Å². The minimum Gasteiger partial charge on any atom is -0.384 e. The number of rotatable bonds is 1. The molecule has 0 saturated carbocycles. The molecule has 1 aromatic carbocycles. The van der Waals surface area contributed by atoms with Gasteiger partial charge in [0.15, 0.2) is 0 Å². The van der Waals surface area contributed by atoms with Crippen LogP contribution in [0.2, 0.25) is 0 Å². The number of hydrogen-bond donors (Lipinski definition) is 1. The van der Waals surface area contributed by atoms with Gasteiger partial charge in [-0.2, -0.15) is 11.8 Å². The standard InChI is InChI=1S/C11H14OS/c1-9-4-2-3-5-10(9)11(12)6-7-13-8-11/h2-5,12H,6-8H2,1H3. The van der Waals surface area contributed by atoms with E-state index in [-0.39, 0.29) is 0 Å². The van der Waals surface area contributed by atoms with Crippen LogP contribution in [0.4, 0.5) is 0 Å². The maximum Gasteiger partial charge on any atom is 0.0996 e. The smallest absolute Gasteiger partial charge is 0.0996 e. The Morgan fingerprint density at radius 3 is 2.77 bits per heavy atom. The van der Waals surface area contributed by atoms with Crippen molar-refractivity contribution in [2.45, 2.75) is 18.9 Å². The van der Waals surface area contributed by atoms with Gasteiger partial charge < -0.3 is 5.11 Å². The van der Waals surface area contributed by atoms with Crippen LogP contribution in [-0.2, 0) is 5.60 Å². The van der Waals surface area contributed by atoms with Gasteiger partial charge in [-0.1, -0.05) is 24.3 Å². The lowest BCUT2D eigenvalue weighted by molar-refractivity contribution is 0.0651. The van der Waals surface area contributed by atoms with Crippen LogP contribution in [0, 0.1) is 6.92 Å². The van der Waals surface area contributed by atoms with Crippen molar-refractivity contribution >= 4 is 11.8 Å². The Morgan fingerprint density at radius 2 is 2.15 bits per heavy atom. The molecule has 0 aromatic heterocycles. The first-order valence-electron chi connectivity index (χ1n) is 4.59. The van der Waals surface area contributed by atoms with E-state index in [0.717, 1.165) is 23.5 Å². The van der Waals surface area contributed by atoms with Crippen molar-refractivity contribution in [3.63, 3.8) is 0 Å². The Balaban J connectivity index is 2.39. The van der Waals surface area contributed by atoms with Gasteiger partial charge in [-0.25, -0.2) is 0 Å². The Labute approximate surface area is 83.2 Å². The van der Waals surface area contributed by atoms with Gasteiger partial charge in [0.2, 0.25) is 0 Å². The maximum absolute atomic E-state index is 10.3. The molecular formula is C11H14OS. The van der Waals surface area contributed by atoms with Crippen molar-refractivity contribution in [2.75, 3.05) is 11.5 Å². The summed E-state index contributed by atoms with van der Waals surface area (Å²) in [7, 11) is 0. The topological polar surface area (TPSA) is 20.2 Å². The minimum absolute atomic E-state index is 0.560. The Morgan fingerprint density at radius 1 is 1.38 bits per heavy atom. The average molecular weight is 194 g/mol. The molecule has 70 valence electrons. The van der Waals surface area contributed by atoms with E-state index in [9.17, 15) is 5.11 Å². The predicted molar refractivity (Wildman–Crippen MR) is 57.0 cm³/mol. The summed E-state index contributed by atoms with van der Waals surface area (Å²) in [6, 6.07) is 8.13. The highest BCUT2D eigenvalue weighted by Gasteiger charge is 2.34. The molecule has 13 heavy (non-hydrogen) atoms. The fourth-order valence-electron chi connectivity index (χ4n) is 1.86. The molecule has 1 aromatic rings. The van der Waals surface area contributed by atoms with Crippen molar-refractivity contribution in [2.24, 2.45) is 0 Å². The van der Waals surface area contributed by atoms with Crippen LogP contribution < -0.4 is 0 Å². The van der Waals surface area contributed by atoms with E-state index in [1.54, 1.807) is 0 Å². The summed E-state index contributed by atoms with van der Waals surface area (Å²) in [5, 5.41) is 10.3. The van der Waals surface area contributed by atoms with Crippen molar-refractivity contribution in [3.05, 3.63) is 35.4 Å². The molecule has 1 aliphatic rings. The van der Waals surface area contributed by atoms with E-state index in [1.165, 1.54) is 5.56 Å².